The van der Waals surface area contributed by atoms with E-state index in [4.69, 9.17) is 16.3 Å². The highest BCUT2D eigenvalue weighted by atomic mass is 35.5. The number of nitrogens with zero attached hydrogens (tertiary/aromatic N) is 1. The Morgan fingerprint density at radius 3 is 2.79 bits per heavy atom. The summed E-state index contributed by atoms with van der Waals surface area (Å²) in [6.45, 7) is 1.39. The standard InChI is InChI=1S/C21H25ClF2N2O3/c22-17-2-1-8-26-15(10-14-3-9-29-12-14)11-16(18(17)26)19(27)25-13-20(28)4-6-21(23,24)7-5-20/h1-2,8,11,14,28H,3-7,9-10,12-13H2,(H,25,27)/t14-/m0/s1. The fourth-order valence-electron chi connectivity index (χ4n) is 4.25. The van der Waals surface area contributed by atoms with Gasteiger partial charge in [0.05, 0.1) is 21.7 Å². The van der Waals surface area contributed by atoms with E-state index in [9.17, 15) is 18.7 Å². The predicted molar refractivity (Wildman–Crippen MR) is 106 cm³/mol. The third-order valence-corrected chi connectivity index (χ3v) is 6.38. The summed E-state index contributed by atoms with van der Waals surface area (Å²) in [5.41, 5.74) is 0.705. The van der Waals surface area contributed by atoms with Gasteiger partial charge in [-0.15, -0.1) is 0 Å². The van der Waals surface area contributed by atoms with E-state index in [1.807, 2.05) is 22.7 Å². The molecule has 2 aliphatic rings. The summed E-state index contributed by atoms with van der Waals surface area (Å²) in [5, 5.41) is 13.8. The average Bonchev–Trinajstić information content (AvgIpc) is 3.32. The van der Waals surface area contributed by atoms with Crippen molar-refractivity contribution in [3.05, 3.63) is 40.7 Å². The van der Waals surface area contributed by atoms with E-state index in [-0.39, 0.29) is 38.1 Å². The Balaban J connectivity index is 1.52. The van der Waals surface area contributed by atoms with E-state index >= 15 is 0 Å². The largest absolute Gasteiger partial charge is 0.388 e. The number of alkyl halides is 2. The highest BCUT2D eigenvalue weighted by Gasteiger charge is 2.42. The van der Waals surface area contributed by atoms with Crippen LogP contribution in [0.3, 0.4) is 0 Å². The first-order valence-corrected chi connectivity index (χ1v) is 10.4. The fourth-order valence-corrected chi connectivity index (χ4v) is 4.52. The summed E-state index contributed by atoms with van der Waals surface area (Å²) in [7, 11) is 0. The minimum Gasteiger partial charge on any atom is -0.388 e. The fraction of sp³-hybridized carbons (Fsp3) is 0.571. The van der Waals surface area contributed by atoms with Gasteiger partial charge in [-0.05, 0) is 49.8 Å². The molecule has 1 aliphatic heterocycles. The molecule has 0 aromatic carbocycles. The van der Waals surface area contributed by atoms with Crippen LogP contribution in [0, 0.1) is 5.92 Å². The third kappa shape index (κ3) is 4.42. The number of pyridine rings is 1. The topological polar surface area (TPSA) is 63.0 Å². The summed E-state index contributed by atoms with van der Waals surface area (Å²) < 4.78 is 34.1. The van der Waals surface area contributed by atoms with Crippen molar-refractivity contribution in [1.29, 1.82) is 0 Å². The lowest BCUT2D eigenvalue weighted by molar-refractivity contribution is -0.101. The zero-order valence-electron chi connectivity index (χ0n) is 16.1. The molecule has 2 fully saturated rings. The maximum absolute atomic E-state index is 13.4. The van der Waals surface area contributed by atoms with E-state index in [0.29, 0.717) is 28.6 Å². The molecule has 1 atom stereocenters. The van der Waals surface area contributed by atoms with E-state index < -0.39 is 11.5 Å². The highest BCUT2D eigenvalue weighted by Crippen LogP contribution is 2.38. The van der Waals surface area contributed by atoms with Gasteiger partial charge in [-0.2, -0.15) is 0 Å². The molecule has 1 saturated carbocycles. The summed E-state index contributed by atoms with van der Waals surface area (Å²) in [5.74, 6) is -2.70. The molecule has 0 radical (unpaired) electrons. The first kappa shape index (κ1) is 20.6. The van der Waals surface area contributed by atoms with Crippen LogP contribution in [0.25, 0.3) is 5.52 Å². The number of carbonyl (C=O) groups excluding carboxylic acids is 1. The second kappa shape index (κ2) is 7.85. The number of fused-ring (bicyclic) bond motifs is 1. The molecule has 1 saturated heterocycles. The molecule has 5 nitrogen and oxygen atoms in total. The van der Waals surface area contributed by atoms with Gasteiger partial charge < -0.3 is 19.6 Å². The van der Waals surface area contributed by atoms with Crippen LogP contribution in [0.1, 0.15) is 48.2 Å². The molecule has 2 N–H and O–H groups in total. The molecule has 1 aliphatic carbocycles. The van der Waals surface area contributed by atoms with Crippen LogP contribution in [0.5, 0.6) is 0 Å². The Morgan fingerprint density at radius 2 is 2.10 bits per heavy atom. The van der Waals surface area contributed by atoms with E-state index in [0.717, 1.165) is 25.1 Å². The monoisotopic (exact) mass is 426 g/mol. The van der Waals surface area contributed by atoms with Gasteiger partial charge in [0.2, 0.25) is 5.92 Å². The van der Waals surface area contributed by atoms with E-state index in [1.54, 1.807) is 6.07 Å². The van der Waals surface area contributed by atoms with Crippen LogP contribution in [0.4, 0.5) is 8.78 Å². The van der Waals surface area contributed by atoms with Crippen molar-refractivity contribution in [2.75, 3.05) is 19.8 Å². The van der Waals surface area contributed by atoms with Crippen LogP contribution in [-0.2, 0) is 11.2 Å². The van der Waals surface area contributed by atoms with Gasteiger partial charge in [0.15, 0.2) is 0 Å². The van der Waals surface area contributed by atoms with Gasteiger partial charge in [-0.3, -0.25) is 4.79 Å². The molecule has 0 spiro atoms. The van der Waals surface area contributed by atoms with Gasteiger partial charge in [-0.1, -0.05) is 11.6 Å². The average molecular weight is 427 g/mol. The van der Waals surface area contributed by atoms with Gasteiger partial charge in [0.1, 0.15) is 0 Å². The molecule has 2 aromatic heterocycles. The van der Waals surface area contributed by atoms with Crippen molar-refractivity contribution in [3.8, 4) is 0 Å². The van der Waals surface area contributed by atoms with Gasteiger partial charge >= 0.3 is 0 Å². The van der Waals surface area contributed by atoms with Crippen LogP contribution >= 0.6 is 11.6 Å². The molecule has 2 aromatic rings. The number of aliphatic hydroxyl groups is 1. The Kier molecular flexibility index (Phi) is 5.57. The lowest BCUT2D eigenvalue weighted by Gasteiger charge is -2.35. The van der Waals surface area contributed by atoms with Crippen LogP contribution in [0.2, 0.25) is 5.02 Å². The minimum absolute atomic E-state index is 0.0372. The lowest BCUT2D eigenvalue weighted by atomic mass is 9.82. The summed E-state index contributed by atoms with van der Waals surface area (Å²) in [6, 6.07) is 5.39. The maximum Gasteiger partial charge on any atom is 0.253 e. The normalized spacial score (nSPS) is 23.4. The lowest BCUT2D eigenvalue weighted by Crippen LogP contribution is -2.47. The molecule has 158 valence electrons. The number of hydrogen-bond donors (Lipinski definition) is 2. The van der Waals surface area contributed by atoms with Crippen LogP contribution < -0.4 is 5.32 Å². The number of amides is 1. The number of halogens is 3. The quantitative estimate of drug-likeness (QED) is 0.763. The van der Waals surface area contributed by atoms with E-state index in [1.165, 1.54) is 0 Å². The van der Waals surface area contributed by atoms with Crippen LogP contribution in [0.15, 0.2) is 24.4 Å². The first-order valence-electron chi connectivity index (χ1n) is 10.0. The molecule has 0 bridgehead atoms. The Bertz CT molecular complexity index is 899. The number of nitrogens with one attached hydrogen (secondary N) is 1. The van der Waals surface area contributed by atoms with Crippen molar-refractivity contribution in [2.24, 2.45) is 5.92 Å². The van der Waals surface area contributed by atoms with Crippen LogP contribution in [-0.4, -0.2) is 46.7 Å². The second-order valence-corrected chi connectivity index (χ2v) is 8.73. The van der Waals surface area contributed by atoms with Gasteiger partial charge in [-0.25, -0.2) is 8.78 Å². The first-order chi connectivity index (χ1) is 13.8. The molecule has 3 heterocycles. The van der Waals surface area contributed by atoms with Crippen molar-refractivity contribution < 1.29 is 23.4 Å². The van der Waals surface area contributed by atoms with E-state index in [2.05, 4.69) is 5.32 Å². The number of ether oxygens (including phenoxy) is 1. The van der Waals surface area contributed by atoms with Crippen molar-refractivity contribution in [3.63, 3.8) is 0 Å². The summed E-state index contributed by atoms with van der Waals surface area (Å²) in [6.07, 6.45) is 2.82. The predicted octanol–water partition coefficient (Wildman–Crippen LogP) is 3.84. The molecule has 0 unspecified atom stereocenters. The summed E-state index contributed by atoms with van der Waals surface area (Å²) >= 11 is 6.39. The summed E-state index contributed by atoms with van der Waals surface area (Å²) in [4.78, 5) is 12.9. The number of carbonyl (C=O) groups is 1. The second-order valence-electron chi connectivity index (χ2n) is 8.32. The minimum atomic E-state index is -2.73. The molecular formula is C21H25ClF2N2O3. The Hall–Kier alpha value is -1.70. The zero-order chi connectivity index (χ0) is 20.6. The Morgan fingerprint density at radius 1 is 1.34 bits per heavy atom. The number of aromatic nitrogens is 1. The maximum atomic E-state index is 13.4. The molecule has 29 heavy (non-hydrogen) atoms. The third-order valence-electron chi connectivity index (χ3n) is 6.08. The molecular weight excluding hydrogens is 402 g/mol. The Labute approximate surface area is 173 Å². The molecule has 4 rings (SSSR count). The number of rotatable bonds is 5. The van der Waals surface area contributed by atoms with Crippen molar-refractivity contribution >= 4 is 23.0 Å². The molecule has 1 amide bonds. The smallest absolute Gasteiger partial charge is 0.253 e. The number of hydrogen-bond acceptors (Lipinski definition) is 3. The van der Waals surface area contributed by atoms with Crippen molar-refractivity contribution in [2.45, 2.75) is 50.0 Å². The SMILES string of the molecule is O=C(NCC1(O)CCC(F)(F)CC1)c1cc(C[C@@H]2CCOC2)n2cccc(Cl)c12. The van der Waals surface area contributed by atoms with Crippen molar-refractivity contribution in [1.82, 2.24) is 9.72 Å². The molecule has 8 heteroatoms. The van der Waals surface area contributed by atoms with Gasteiger partial charge in [0.25, 0.3) is 5.91 Å². The highest BCUT2D eigenvalue weighted by molar-refractivity contribution is 6.34. The zero-order valence-corrected chi connectivity index (χ0v) is 16.9. The van der Waals surface area contributed by atoms with Gasteiger partial charge in [0, 0.05) is 44.5 Å².